The molecule has 2 rings (SSSR count). The highest BCUT2D eigenvalue weighted by Gasteiger charge is 2.18. The van der Waals surface area contributed by atoms with E-state index in [1.165, 1.54) is 30.6 Å². The first-order chi connectivity index (χ1) is 8.15. The van der Waals surface area contributed by atoms with Crippen LogP contribution in [0.4, 0.5) is 0 Å². The van der Waals surface area contributed by atoms with Crippen LogP contribution in [0, 0.1) is 5.92 Å². The Morgan fingerprint density at radius 2 is 1.71 bits per heavy atom. The van der Waals surface area contributed by atoms with Gasteiger partial charge >= 0.3 is 0 Å². The van der Waals surface area contributed by atoms with E-state index in [2.05, 4.69) is 19.1 Å². The minimum Gasteiger partial charge on any atom is -0.295 e. The molecule has 0 N–H and O–H groups in total. The van der Waals surface area contributed by atoms with E-state index in [-0.39, 0.29) is 5.78 Å². The van der Waals surface area contributed by atoms with Crippen molar-refractivity contribution >= 4 is 17.5 Å². The lowest BCUT2D eigenvalue weighted by molar-refractivity contribution is 0.101. The quantitative estimate of drug-likeness (QED) is 0.729. The highest BCUT2D eigenvalue weighted by atomic mass is 32.2. The van der Waals surface area contributed by atoms with Gasteiger partial charge in [-0.3, -0.25) is 4.79 Å². The third-order valence-corrected chi connectivity index (χ3v) is 4.88. The molecule has 1 nitrogen and oxygen atoms in total. The molecule has 1 aliphatic rings. The van der Waals surface area contributed by atoms with Crippen molar-refractivity contribution in [2.75, 3.05) is 0 Å². The van der Waals surface area contributed by atoms with Crippen LogP contribution >= 0.6 is 11.8 Å². The molecule has 0 unspecified atom stereocenters. The fraction of sp³-hybridized carbons (Fsp3) is 0.533. The van der Waals surface area contributed by atoms with Gasteiger partial charge < -0.3 is 0 Å². The topological polar surface area (TPSA) is 17.1 Å². The Kier molecular flexibility index (Phi) is 4.27. The van der Waals surface area contributed by atoms with Crippen molar-refractivity contribution in [1.82, 2.24) is 0 Å². The van der Waals surface area contributed by atoms with Gasteiger partial charge in [-0.05, 0) is 50.7 Å². The van der Waals surface area contributed by atoms with Crippen LogP contribution in [0.2, 0.25) is 0 Å². The van der Waals surface area contributed by atoms with Crippen molar-refractivity contribution in [2.45, 2.75) is 49.7 Å². The zero-order chi connectivity index (χ0) is 12.3. The molecule has 1 aromatic carbocycles. The number of ketones is 1. The molecule has 1 saturated carbocycles. The van der Waals surface area contributed by atoms with E-state index in [9.17, 15) is 4.79 Å². The molecule has 0 amide bonds. The van der Waals surface area contributed by atoms with Gasteiger partial charge in [-0.25, -0.2) is 0 Å². The summed E-state index contributed by atoms with van der Waals surface area (Å²) in [4.78, 5) is 12.5. The number of Topliss-reactive ketones (excluding diaryl/α,β-unsaturated/α-hetero) is 1. The second-order valence-electron chi connectivity index (χ2n) is 5.08. The summed E-state index contributed by atoms with van der Waals surface area (Å²) in [7, 11) is 0. The molecule has 0 atom stereocenters. The van der Waals surface area contributed by atoms with Gasteiger partial charge in [-0.2, -0.15) is 0 Å². The van der Waals surface area contributed by atoms with E-state index < -0.39 is 0 Å². The van der Waals surface area contributed by atoms with Gasteiger partial charge in [0.15, 0.2) is 5.78 Å². The van der Waals surface area contributed by atoms with Crippen LogP contribution in [-0.2, 0) is 0 Å². The van der Waals surface area contributed by atoms with Crippen LogP contribution in [0.1, 0.15) is 49.9 Å². The van der Waals surface area contributed by atoms with E-state index in [1.807, 2.05) is 23.9 Å². The lowest BCUT2D eigenvalue weighted by atomic mass is 9.91. The molecular weight excluding hydrogens is 228 g/mol. The minimum atomic E-state index is 0.146. The van der Waals surface area contributed by atoms with E-state index in [0.717, 1.165) is 16.7 Å². The van der Waals surface area contributed by atoms with Crippen LogP contribution in [0.15, 0.2) is 29.2 Å². The highest BCUT2D eigenvalue weighted by molar-refractivity contribution is 8.00. The Bertz CT molecular complexity index is 374. The number of benzene rings is 1. The largest absolute Gasteiger partial charge is 0.295 e. The molecule has 0 aliphatic heterocycles. The predicted molar refractivity (Wildman–Crippen MR) is 73.7 cm³/mol. The number of carbonyl (C=O) groups is 1. The number of rotatable bonds is 3. The third-order valence-electron chi connectivity index (χ3n) is 3.53. The summed E-state index contributed by atoms with van der Waals surface area (Å²) in [5.41, 5.74) is 0.812. The highest BCUT2D eigenvalue weighted by Crippen LogP contribution is 2.35. The predicted octanol–water partition coefficient (Wildman–Crippen LogP) is 4.56. The van der Waals surface area contributed by atoms with E-state index in [0.29, 0.717) is 0 Å². The third kappa shape index (κ3) is 3.60. The van der Waals surface area contributed by atoms with Crippen molar-refractivity contribution in [1.29, 1.82) is 0 Å². The maximum atomic E-state index is 11.2. The first-order valence-electron chi connectivity index (χ1n) is 6.43. The van der Waals surface area contributed by atoms with Crippen molar-refractivity contribution in [3.8, 4) is 0 Å². The fourth-order valence-corrected chi connectivity index (χ4v) is 3.49. The van der Waals surface area contributed by atoms with Gasteiger partial charge in [-0.15, -0.1) is 11.8 Å². The Morgan fingerprint density at radius 1 is 1.12 bits per heavy atom. The summed E-state index contributed by atoms with van der Waals surface area (Å²) in [6.45, 7) is 3.97. The molecule has 1 aromatic rings. The first-order valence-corrected chi connectivity index (χ1v) is 7.31. The van der Waals surface area contributed by atoms with E-state index in [4.69, 9.17) is 0 Å². The number of carbonyl (C=O) groups excluding carboxylic acids is 1. The monoisotopic (exact) mass is 248 g/mol. The van der Waals surface area contributed by atoms with Crippen LogP contribution < -0.4 is 0 Å². The van der Waals surface area contributed by atoms with Crippen LogP contribution in [0.5, 0.6) is 0 Å². The van der Waals surface area contributed by atoms with Crippen LogP contribution in [0.3, 0.4) is 0 Å². The van der Waals surface area contributed by atoms with Crippen LogP contribution in [-0.4, -0.2) is 11.0 Å². The van der Waals surface area contributed by atoms with E-state index in [1.54, 1.807) is 6.92 Å². The lowest BCUT2D eigenvalue weighted by Crippen LogP contribution is -2.13. The van der Waals surface area contributed by atoms with Gasteiger partial charge in [0.25, 0.3) is 0 Å². The van der Waals surface area contributed by atoms with Crippen molar-refractivity contribution in [2.24, 2.45) is 5.92 Å². The average Bonchev–Trinajstić information content (AvgIpc) is 2.33. The van der Waals surface area contributed by atoms with Crippen molar-refractivity contribution in [3.63, 3.8) is 0 Å². The second kappa shape index (κ2) is 5.72. The second-order valence-corrected chi connectivity index (χ2v) is 6.45. The number of hydrogen-bond donors (Lipinski definition) is 0. The smallest absolute Gasteiger partial charge is 0.159 e. The van der Waals surface area contributed by atoms with Crippen molar-refractivity contribution < 1.29 is 4.79 Å². The summed E-state index contributed by atoms with van der Waals surface area (Å²) >= 11 is 1.98. The maximum absolute atomic E-state index is 11.2. The summed E-state index contributed by atoms with van der Waals surface area (Å²) in [6.07, 6.45) is 5.40. The molecule has 17 heavy (non-hydrogen) atoms. The summed E-state index contributed by atoms with van der Waals surface area (Å²) in [5.74, 6) is 1.06. The lowest BCUT2D eigenvalue weighted by Gasteiger charge is -2.25. The van der Waals surface area contributed by atoms with E-state index >= 15 is 0 Å². The molecular formula is C15H20OS. The standard InChI is InChI=1S/C15H20OS/c1-11-3-7-14(8-4-11)17-15-9-5-13(6-10-15)12(2)16/h5-6,9-11,14H,3-4,7-8H2,1-2H3. The SMILES string of the molecule is CC(=O)c1ccc(SC2CCC(C)CC2)cc1. The van der Waals surface area contributed by atoms with Gasteiger partial charge in [0.1, 0.15) is 0 Å². The van der Waals surface area contributed by atoms with Crippen molar-refractivity contribution in [3.05, 3.63) is 29.8 Å². The van der Waals surface area contributed by atoms with Gasteiger partial charge in [-0.1, -0.05) is 19.1 Å². The average molecular weight is 248 g/mol. The summed E-state index contributed by atoms with van der Waals surface area (Å²) in [5, 5.41) is 0.773. The molecule has 0 aromatic heterocycles. The Balaban J connectivity index is 1.92. The molecule has 0 heterocycles. The van der Waals surface area contributed by atoms with Gasteiger partial charge in [0.2, 0.25) is 0 Å². The molecule has 92 valence electrons. The Hall–Kier alpha value is -0.760. The maximum Gasteiger partial charge on any atom is 0.159 e. The molecule has 0 saturated heterocycles. The Labute approximate surface area is 108 Å². The molecule has 1 aliphatic carbocycles. The Morgan fingerprint density at radius 3 is 2.24 bits per heavy atom. The summed E-state index contributed by atoms with van der Waals surface area (Å²) < 4.78 is 0. The van der Waals surface area contributed by atoms with Crippen LogP contribution in [0.25, 0.3) is 0 Å². The molecule has 0 bridgehead atoms. The zero-order valence-corrected chi connectivity index (χ0v) is 11.4. The molecule has 1 fully saturated rings. The zero-order valence-electron chi connectivity index (χ0n) is 10.6. The first kappa shape index (κ1) is 12.7. The van der Waals surface area contributed by atoms with Gasteiger partial charge in [0.05, 0.1) is 0 Å². The summed E-state index contributed by atoms with van der Waals surface area (Å²) in [6, 6.07) is 8.05. The molecule has 2 heteroatoms. The molecule has 0 spiro atoms. The minimum absolute atomic E-state index is 0.146. The normalized spacial score (nSPS) is 24.6. The molecule has 0 radical (unpaired) electrons. The van der Waals surface area contributed by atoms with Gasteiger partial charge in [0, 0.05) is 15.7 Å². The number of thioether (sulfide) groups is 1. The fourth-order valence-electron chi connectivity index (χ4n) is 2.31. The number of hydrogen-bond acceptors (Lipinski definition) is 2.